The van der Waals surface area contributed by atoms with E-state index < -0.39 is 0 Å². The highest BCUT2D eigenvalue weighted by atomic mass is 35.5. The van der Waals surface area contributed by atoms with Crippen LogP contribution >= 0.6 is 11.6 Å². The van der Waals surface area contributed by atoms with Crippen molar-refractivity contribution in [2.45, 2.75) is 19.9 Å². The van der Waals surface area contributed by atoms with Gasteiger partial charge in [0.2, 0.25) is 0 Å². The topological polar surface area (TPSA) is 21.6 Å². The van der Waals surface area contributed by atoms with Crippen molar-refractivity contribution >= 4 is 17.5 Å². The summed E-state index contributed by atoms with van der Waals surface area (Å²) in [6.07, 6.45) is 0. The molecule has 10 heavy (non-hydrogen) atoms. The summed E-state index contributed by atoms with van der Waals surface area (Å²) < 4.78 is 5.19. The molecule has 1 heterocycles. The summed E-state index contributed by atoms with van der Waals surface area (Å²) in [6.45, 7) is 4.98. The van der Waals surface area contributed by atoms with Crippen molar-refractivity contribution in [2.75, 3.05) is 12.5 Å². The first-order valence-electron chi connectivity index (χ1n) is 3.49. The number of rotatable bonds is 2. The van der Waals surface area contributed by atoms with Crippen LogP contribution in [-0.2, 0) is 4.74 Å². The third-order valence-corrected chi connectivity index (χ3v) is 1.84. The van der Waals surface area contributed by atoms with E-state index in [9.17, 15) is 0 Å². The first-order chi connectivity index (χ1) is 4.74. The molecule has 0 saturated carbocycles. The maximum Gasteiger partial charge on any atom is 0.199 e. The smallest absolute Gasteiger partial charge is 0.199 e. The fraction of sp³-hybridized carbons (Fsp3) is 0.857. The molecule has 0 saturated heterocycles. The first kappa shape index (κ1) is 7.86. The van der Waals surface area contributed by atoms with Crippen molar-refractivity contribution in [1.82, 2.24) is 0 Å². The minimum atomic E-state index is 0.328. The molecule has 0 radical (unpaired) electrons. The van der Waals surface area contributed by atoms with Gasteiger partial charge in [-0.3, -0.25) is 0 Å². The van der Waals surface area contributed by atoms with Gasteiger partial charge in [-0.2, -0.15) is 0 Å². The van der Waals surface area contributed by atoms with Crippen LogP contribution in [0.4, 0.5) is 0 Å². The van der Waals surface area contributed by atoms with Crippen LogP contribution in [0.2, 0.25) is 0 Å². The number of nitrogens with zero attached hydrogens (tertiary/aromatic N) is 1. The van der Waals surface area contributed by atoms with Crippen molar-refractivity contribution in [3.63, 3.8) is 0 Å². The maximum atomic E-state index is 5.52. The zero-order valence-corrected chi connectivity index (χ0v) is 7.06. The van der Waals surface area contributed by atoms with Crippen LogP contribution in [0.15, 0.2) is 4.99 Å². The van der Waals surface area contributed by atoms with Gasteiger partial charge in [0.15, 0.2) is 5.90 Å². The summed E-state index contributed by atoms with van der Waals surface area (Å²) in [7, 11) is 0. The van der Waals surface area contributed by atoms with E-state index in [1.165, 1.54) is 0 Å². The highest BCUT2D eigenvalue weighted by molar-refractivity contribution is 6.27. The van der Waals surface area contributed by atoms with E-state index in [0.29, 0.717) is 30.3 Å². The van der Waals surface area contributed by atoms with Crippen LogP contribution in [-0.4, -0.2) is 24.4 Å². The normalized spacial score (nSPS) is 24.8. The van der Waals surface area contributed by atoms with E-state index in [2.05, 4.69) is 18.8 Å². The number of alkyl halides is 1. The van der Waals surface area contributed by atoms with Gasteiger partial charge in [-0.1, -0.05) is 13.8 Å². The van der Waals surface area contributed by atoms with Gasteiger partial charge in [0, 0.05) is 0 Å². The SMILES string of the molecule is CC(C)[C@H]1COC(CCl)=N1. The molecule has 2 nitrogen and oxygen atoms in total. The third-order valence-electron chi connectivity index (χ3n) is 1.61. The van der Waals surface area contributed by atoms with Crippen molar-refractivity contribution in [1.29, 1.82) is 0 Å². The van der Waals surface area contributed by atoms with Gasteiger partial charge in [-0.25, -0.2) is 4.99 Å². The number of hydrogen-bond donors (Lipinski definition) is 0. The predicted molar refractivity (Wildman–Crippen MR) is 42.7 cm³/mol. The van der Waals surface area contributed by atoms with Gasteiger partial charge in [0.05, 0.1) is 11.9 Å². The predicted octanol–water partition coefficient (Wildman–Crippen LogP) is 1.68. The van der Waals surface area contributed by atoms with Gasteiger partial charge >= 0.3 is 0 Å². The number of aliphatic imine (C=N–C) groups is 1. The fourth-order valence-corrected chi connectivity index (χ4v) is 1.00. The zero-order valence-electron chi connectivity index (χ0n) is 6.30. The van der Waals surface area contributed by atoms with E-state index in [0.717, 1.165) is 0 Å². The second-order valence-corrected chi connectivity index (χ2v) is 3.05. The molecule has 3 heteroatoms. The molecule has 1 atom stereocenters. The van der Waals surface area contributed by atoms with Crippen molar-refractivity contribution < 1.29 is 4.74 Å². The first-order valence-corrected chi connectivity index (χ1v) is 4.03. The van der Waals surface area contributed by atoms with E-state index in [1.807, 2.05) is 0 Å². The molecule has 0 spiro atoms. The molecule has 1 aliphatic rings. The Morgan fingerprint density at radius 1 is 1.80 bits per heavy atom. The Labute approximate surface area is 66.2 Å². The Morgan fingerprint density at radius 2 is 2.50 bits per heavy atom. The second-order valence-electron chi connectivity index (χ2n) is 2.78. The summed E-state index contributed by atoms with van der Waals surface area (Å²) in [5, 5.41) is 0. The maximum absolute atomic E-state index is 5.52. The van der Waals surface area contributed by atoms with Crippen molar-refractivity contribution in [3.8, 4) is 0 Å². The van der Waals surface area contributed by atoms with Crippen LogP contribution in [0, 0.1) is 5.92 Å². The van der Waals surface area contributed by atoms with E-state index in [-0.39, 0.29) is 0 Å². The van der Waals surface area contributed by atoms with Crippen LogP contribution in [0.5, 0.6) is 0 Å². The number of ether oxygens (including phenoxy) is 1. The average Bonchev–Trinajstić information content (AvgIpc) is 2.34. The van der Waals surface area contributed by atoms with Gasteiger partial charge in [0.25, 0.3) is 0 Å². The van der Waals surface area contributed by atoms with Gasteiger partial charge < -0.3 is 4.74 Å². The van der Waals surface area contributed by atoms with E-state index in [1.54, 1.807) is 0 Å². The second kappa shape index (κ2) is 3.24. The molecule has 0 unspecified atom stereocenters. The Bertz CT molecular complexity index is 145. The van der Waals surface area contributed by atoms with Gasteiger partial charge in [0.1, 0.15) is 6.61 Å². The van der Waals surface area contributed by atoms with Crippen LogP contribution < -0.4 is 0 Å². The van der Waals surface area contributed by atoms with Gasteiger partial charge in [-0.15, -0.1) is 11.6 Å². The van der Waals surface area contributed by atoms with Crippen LogP contribution in [0.1, 0.15) is 13.8 Å². The van der Waals surface area contributed by atoms with Crippen LogP contribution in [0.3, 0.4) is 0 Å². The molecule has 0 aliphatic carbocycles. The molecule has 58 valence electrons. The standard InChI is InChI=1S/C7H12ClNO/c1-5(2)6-4-10-7(3-8)9-6/h5-6H,3-4H2,1-2H3/t6-/m1/s1. The molecule has 0 fully saturated rings. The monoisotopic (exact) mass is 161 g/mol. The number of hydrogen-bond acceptors (Lipinski definition) is 2. The summed E-state index contributed by atoms with van der Waals surface area (Å²) in [4.78, 5) is 4.27. The molecule has 0 aromatic rings. The summed E-state index contributed by atoms with van der Waals surface area (Å²) in [5.74, 6) is 1.66. The highest BCUT2D eigenvalue weighted by Gasteiger charge is 2.20. The average molecular weight is 162 g/mol. The molecule has 1 rings (SSSR count). The van der Waals surface area contributed by atoms with E-state index >= 15 is 0 Å². The Hall–Kier alpha value is -0.240. The van der Waals surface area contributed by atoms with E-state index in [4.69, 9.17) is 16.3 Å². The minimum absolute atomic E-state index is 0.328. The lowest BCUT2D eigenvalue weighted by atomic mass is 10.1. The molecule has 0 aromatic heterocycles. The quantitative estimate of drug-likeness (QED) is 0.565. The molecule has 0 N–H and O–H groups in total. The zero-order chi connectivity index (χ0) is 7.56. The van der Waals surface area contributed by atoms with Gasteiger partial charge in [-0.05, 0) is 5.92 Å². The summed E-state index contributed by atoms with van der Waals surface area (Å²) in [6, 6.07) is 0.328. The lowest BCUT2D eigenvalue weighted by Gasteiger charge is -2.06. The molecular weight excluding hydrogens is 150 g/mol. The fourth-order valence-electron chi connectivity index (χ4n) is 0.856. The molecule has 0 amide bonds. The molecule has 0 aromatic carbocycles. The molecule has 1 aliphatic heterocycles. The lowest BCUT2D eigenvalue weighted by molar-refractivity contribution is 0.290. The van der Waals surface area contributed by atoms with Crippen LogP contribution in [0.25, 0.3) is 0 Å². The Morgan fingerprint density at radius 3 is 2.80 bits per heavy atom. The lowest BCUT2D eigenvalue weighted by Crippen LogP contribution is -2.13. The third kappa shape index (κ3) is 1.63. The van der Waals surface area contributed by atoms with Crippen molar-refractivity contribution in [3.05, 3.63) is 0 Å². The number of halogens is 1. The molecular formula is C7H12ClNO. The largest absolute Gasteiger partial charge is 0.478 e. The highest BCUT2D eigenvalue weighted by Crippen LogP contribution is 2.13. The molecule has 0 bridgehead atoms. The summed E-state index contributed by atoms with van der Waals surface area (Å²) in [5.41, 5.74) is 0. The Balaban J connectivity index is 2.47. The Kier molecular flexibility index (Phi) is 2.55. The summed E-state index contributed by atoms with van der Waals surface area (Å²) >= 11 is 5.52. The minimum Gasteiger partial charge on any atom is -0.478 e. The van der Waals surface area contributed by atoms with Crippen molar-refractivity contribution in [2.24, 2.45) is 10.9 Å².